The first-order valence-electron chi connectivity index (χ1n) is 8.13. The molecule has 0 spiro atoms. The van der Waals surface area contributed by atoms with Crippen LogP contribution >= 0.6 is 34.4 Å². The molecule has 0 aliphatic heterocycles. The summed E-state index contributed by atoms with van der Waals surface area (Å²) in [5.74, 6) is 0.719. The van der Waals surface area contributed by atoms with Crippen molar-refractivity contribution in [2.24, 2.45) is 5.92 Å². The first-order chi connectivity index (χ1) is 12.2. The Morgan fingerprint density at radius 2 is 2.12 bits per heavy atom. The molecule has 4 nitrogen and oxygen atoms in total. The number of nitrogens with zero attached hydrogens (tertiary/aromatic N) is 2. The smallest absolute Gasteiger partial charge is 0.256 e. The van der Waals surface area contributed by atoms with Gasteiger partial charge < -0.3 is 5.32 Å². The van der Waals surface area contributed by atoms with Gasteiger partial charge in [0, 0.05) is 20.8 Å². The molecule has 0 saturated carbocycles. The second-order valence-electron chi connectivity index (χ2n) is 6.18. The maximum Gasteiger partial charge on any atom is 0.256 e. The molecule has 0 saturated heterocycles. The summed E-state index contributed by atoms with van der Waals surface area (Å²) in [6.07, 6.45) is 3.28. The van der Waals surface area contributed by atoms with Gasteiger partial charge in [0.15, 0.2) is 4.34 Å². The Kier molecular flexibility index (Phi) is 4.87. The Bertz CT molecular complexity index is 872. The highest BCUT2D eigenvalue weighted by atomic mass is 32.2. The van der Waals surface area contributed by atoms with Gasteiger partial charge in [-0.3, -0.25) is 4.79 Å². The molecule has 4 rings (SSSR count). The van der Waals surface area contributed by atoms with Crippen LogP contribution in [0.4, 0.5) is 5.69 Å². The highest BCUT2D eigenvalue weighted by Crippen LogP contribution is 2.33. The van der Waals surface area contributed by atoms with E-state index in [1.807, 2.05) is 29.6 Å². The van der Waals surface area contributed by atoms with Gasteiger partial charge in [0.25, 0.3) is 5.91 Å². The van der Waals surface area contributed by atoms with Gasteiger partial charge >= 0.3 is 0 Å². The van der Waals surface area contributed by atoms with E-state index in [0.29, 0.717) is 0 Å². The van der Waals surface area contributed by atoms with Crippen molar-refractivity contribution in [2.45, 2.75) is 35.4 Å². The summed E-state index contributed by atoms with van der Waals surface area (Å²) < 4.78 is 0.913. The van der Waals surface area contributed by atoms with Gasteiger partial charge in [0.1, 0.15) is 5.51 Å². The van der Waals surface area contributed by atoms with Crippen molar-refractivity contribution in [3.63, 3.8) is 0 Å². The minimum Gasteiger partial charge on any atom is -0.322 e. The van der Waals surface area contributed by atoms with Gasteiger partial charge in [-0.25, -0.2) is 0 Å². The SMILES string of the molecule is C[C@@H]1CCc2c(C(=O)Nc3ccc(Sc4nncs4)cc3)csc2C1. The molecule has 1 N–H and O–H groups in total. The first-order valence-corrected chi connectivity index (χ1v) is 10.7. The molecule has 3 aromatic rings. The van der Waals surface area contributed by atoms with Crippen LogP contribution in [0.25, 0.3) is 0 Å². The summed E-state index contributed by atoms with van der Waals surface area (Å²) in [7, 11) is 0. The van der Waals surface area contributed by atoms with Crippen molar-refractivity contribution in [1.29, 1.82) is 0 Å². The Morgan fingerprint density at radius 1 is 1.28 bits per heavy atom. The molecule has 1 aliphatic rings. The summed E-state index contributed by atoms with van der Waals surface area (Å²) in [5.41, 5.74) is 4.64. The zero-order valence-corrected chi connectivity index (χ0v) is 16.1. The number of rotatable bonds is 4. The fraction of sp³-hybridized carbons (Fsp3) is 0.278. The van der Waals surface area contributed by atoms with E-state index in [1.54, 1.807) is 28.6 Å². The molecule has 0 bridgehead atoms. The molecular weight excluding hydrogens is 370 g/mol. The van der Waals surface area contributed by atoms with Crippen LogP contribution in [0.1, 0.15) is 34.1 Å². The van der Waals surface area contributed by atoms with E-state index in [9.17, 15) is 4.79 Å². The predicted molar refractivity (Wildman–Crippen MR) is 104 cm³/mol. The van der Waals surface area contributed by atoms with Gasteiger partial charge in [0.05, 0.1) is 5.56 Å². The van der Waals surface area contributed by atoms with Crippen molar-refractivity contribution in [1.82, 2.24) is 10.2 Å². The molecule has 128 valence electrons. The molecule has 0 unspecified atom stereocenters. The van der Waals surface area contributed by atoms with Gasteiger partial charge in [-0.05, 0) is 55.0 Å². The average molecular weight is 388 g/mol. The van der Waals surface area contributed by atoms with Gasteiger partial charge in [0.2, 0.25) is 0 Å². The molecule has 1 amide bonds. The van der Waals surface area contributed by atoms with Crippen LogP contribution in [0.5, 0.6) is 0 Å². The van der Waals surface area contributed by atoms with Crippen LogP contribution in [0.15, 0.2) is 44.4 Å². The summed E-state index contributed by atoms with van der Waals surface area (Å²) in [6.45, 7) is 2.28. The minimum absolute atomic E-state index is 0.00317. The molecule has 0 fully saturated rings. The maximum absolute atomic E-state index is 12.6. The lowest BCUT2D eigenvalue weighted by Gasteiger charge is -2.18. The zero-order chi connectivity index (χ0) is 17.2. The number of hydrogen-bond acceptors (Lipinski definition) is 6. The summed E-state index contributed by atoms with van der Waals surface area (Å²) in [4.78, 5) is 15.1. The highest BCUT2D eigenvalue weighted by Gasteiger charge is 2.23. The van der Waals surface area contributed by atoms with E-state index in [-0.39, 0.29) is 5.91 Å². The van der Waals surface area contributed by atoms with Crippen molar-refractivity contribution in [3.05, 3.63) is 51.2 Å². The largest absolute Gasteiger partial charge is 0.322 e. The fourth-order valence-corrected chi connectivity index (χ4v) is 5.68. The highest BCUT2D eigenvalue weighted by molar-refractivity contribution is 8.01. The lowest BCUT2D eigenvalue weighted by atomic mass is 9.88. The third-order valence-electron chi connectivity index (χ3n) is 4.30. The number of thiophene rings is 1. The third-order valence-corrected chi connectivity index (χ3v) is 7.14. The number of fused-ring (bicyclic) bond motifs is 1. The normalized spacial score (nSPS) is 16.4. The van der Waals surface area contributed by atoms with Gasteiger partial charge in [-0.15, -0.1) is 21.5 Å². The Morgan fingerprint density at radius 3 is 2.88 bits per heavy atom. The van der Waals surface area contributed by atoms with Crippen LogP contribution in [0, 0.1) is 5.92 Å². The van der Waals surface area contributed by atoms with E-state index < -0.39 is 0 Å². The number of aromatic nitrogens is 2. The predicted octanol–water partition coefficient (Wildman–Crippen LogP) is 5.13. The number of hydrogen-bond donors (Lipinski definition) is 1. The van der Waals surface area contributed by atoms with Crippen LogP contribution in [-0.4, -0.2) is 16.1 Å². The number of nitrogens with one attached hydrogen (secondary N) is 1. The van der Waals surface area contributed by atoms with Crippen molar-refractivity contribution < 1.29 is 4.79 Å². The van der Waals surface area contributed by atoms with Gasteiger partial charge in [-0.2, -0.15) is 0 Å². The van der Waals surface area contributed by atoms with E-state index >= 15 is 0 Å². The molecule has 0 radical (unpaired) electrons. The third kappa shape index (κ3) is 3.78. The molecule has 7 heteroatoms. The number of amides is 1. The lowest BCUT2D eigenvalue weighted by Crippen LogP contribution is -2.16. The summed E-state index contributed by atoms with van der Waals surface area (Å²) in [5, 5.41) is 12.9. The zero-order valence-electron chi connectivity index (χ0n) is 13.7. The Balaban J connectivity index is 1.44. The van der Waals surface area contributed by atoms with Crippen LogP contribution in [0.3, 0.4) is 0 Å². The van der Waals surface area contributed by atoms with Crippen molar-refractivity contribution >= 4 is 46.0 Å². The molecular formula is C18H17N3OS3. The molecule has 1 atom stereocenters. The fourth-order valence-electron chi connectivity index (χ4n) is 2.98. The summed E-state index contributed by atoms with van der Waals surface area (Å²) in [6, 6.07) is 7.85. The topological polar surface area (TPSA) is 54.9 Å². The molecule has 2 aromatic heterocycles. The monoisotopic (exact) mass is 387 g/mol. The van der Waals surface area contributed by atoms with Gasteiger partial charge in [-0.1, -0.05) is 30.0 Å². The van der Waals surface area contributed by atoms with E-state index in [1.165, 1.54) is 28.2 Å². The minimum atomic E-state index is -0.00317. The standard InChI is InChI=1S/C18H17N3OS3/c1-11-2-7-14-15(9-23-16(14)8-11)17(22)20-12-3-5-13(6-4-12)25-18-21-19-10-24-18/h3-6,9-11H,2,7-8H2,1H3,(H,20,22)/t11-/m1/s1. The van der Waals surface area contributed by atoms with Crippen LogP contribution < -0.4 is 5.32 Å². The second-order valence-corrected chi connectivity index (χ2v) is 9.30. The molecule has 1 aromatic carbocycles. The van der Waals surface area contributed by atoms with E-state index in [0.717, 1.165) is 39.2 Å². The average Bonchev–Trinajstić information content (AvgIpc) is 3.25. The Labute approximate surface area is 158 Å². The van der Waals surface area contributed by atoms with Crippen molar-refractivity contribution in [3.8, 4) is 0 Å². The van der Waals surface area contributed by atoms with Crippen LogP contribution in [-0.2, 0) is 12.8 Å². The number of anilines is 1. The molecule has 25 heavy (non-hydrogen) atoms. The van der Waals surface area contributed by atoms with E-state index in [2.05, 4.69) is 22.4 Å². The summed E-state index contributed by atoms with van der Waals surface area (Å²) >= 11 is 4.81. The number of carbonyl (C=O) groups excluding carboxylic acids is 1. The number of benzene rings is 1. The lowest BCUT2D eigenvalue weighted by molar-refractivity contribution is 0.102. The van der Waals surface area contributed by atoms with Crippen molar-refractivity contribution in [2.75, 3.05) is 5.32 Å². The molecule has 1 aliphatic carbocycles. The van der Waals surface area contributed by atoms with E-state index in [4.69, 9.17) is 0 Å². The maximum atomic E-state index is 12.6. The first kappa shape index (κ1) is 16.8. The number of carbonyl (C=O) groups is 1. The Hall–Kier alpha value is -1.70. The quantitative estimate of drug-likeness (QED) is 0.674. The second kappa shape index (κ2) is 7.27. The van der Waals surface area contributed by atoms with Crippen LogP contribution in [0.2, 0.25) is 0 Å². The molecule has 2 heterocycles.